The number of sulfonamides is 2. The Hall–Kier alpha value is -1.90. The molecule has 0 unspecified atom stereocenters. The zero-order valence-electron chi connectivity index (χ0n) is 15.5. The van der Waals surface area contributed by atoms with E-state index >= 15 is 0 Å². The molecule has 2 aromatic rings. The molecule has 0 saturated carbocycles. The number of hydrogen-bond acceptors (Lipinski definition) is 4. The SMILES string of the molecule is CNS(=O)(=O)c1cc(NS(=O)(=O)c2ccc(C(C)(C)C)cc2)ccc1C. The van der Waals surface area contributed by atoms with Gasteiger partial charge in [0.25, 0.3) is 10.0 Å². The highest BCUT2D eigenvalue weighted by molar-refractivity contribution is 7.92. The Morgan fingerprint density at radius 1 is 0.846 bits per heavy atom. The number of rotatable bonds is 5. The van der Waals surface area contributed by atoms with E-state index in [1.54, 1.807) is 37.3 Å². The van der Waals surface area contributed by atoms with E-state index in [2.05, 4.69) is 9.44 Å². The molecular formula is C18H24N2O4S2. The van der Waals surface area contributed by atoms with Crippen LogP contribution in [0.15, 0.2) is 52.3 Å². The summed E-state index contributed by atoms with van der Waals surface area (Å²) in [5.74, 6) is 0. The molecule has 0 atom stereocenters. The highest BCUT2D eigenvalue weighted by Crippen LogP contribution is 2.25. The van der Waals surface area contributed by atoms with Crippen molar-refractivity contribution in [3.05, 3.63) is 53.6 Å². The molecule has 0 aliphatic rings. The van der Waals surface area contributed by atoms with Crippen molar-refractivity contribution in [1.29, 1.82) is 0 Å². The number of hydrogen-bond donors (Lipinski definition) is 2. The molecule has 2 rings (SSSR count). The molecule has 0 aliphatic carbocycles. The Kier molecular flexibility index (Phi) is 5.51. The maximum atomic E-state index is 12.6. The quantitative estimate of drug-likeness (QED) is 0.813. The second-order valence-electron chi connectivity index (χ2n) is 7.07. The summed E-state index contributed by atoms with van der Waals surface area (Å²) < 4.78 is 54.0. The first kappa shape index (κ1) is 20.4. The highest BCUT2D eigenvalue weighted by Gasteiger charge is 2.20. The lowest BCUT2D eigenvalue weighted by Crippen LogP contribution is -2.20. The van der Waals surface area contributed by atoms with Crippen LogP contribution in [-0.2, 0) is 25.5 Å². The van der Waals surface area contributed by atoms with E-state index in [1.165, 1.54) is 19.2 Å². The zero-order chi connectivity index (χ0) is 19.8. The second kappa shape index (κ2) is 7.02. The van der Waals surface area contributed by atoms with Gasteiger partial charge in [0.15, 0.2) is 0 Å². The fourth-order valence-corrected chi connectivity index (χ4v) is 4.45. The van der Waals surface area contributed by atoms with Crippen molar-refractivity contribution >= 4 is 25.7 Å². The Labute approximate surface area is 155 Å². The zero-order valence-corrected chi connectivity index (χ0v) is 17.1. The van der Waals surface area contributed by atoms with Crippen molar-refractivity contribution in [3.63, 3.8) is 0 Å². The largest absolute Gasteiger partial charge is 0.280 e. The molecule has 0 bridgehead atoms. The van der Waals surface area contributed by atoms with Crippen molar-refractivity contribution in [2.75, 3.05) is 11.8 Å². The van der Waals surface area contributed by atoms with E-state index in [1.807, 2.05) is 20.8 Å². The van der Waals surface area contributed by atoms with Crippen LogP contribution in [0.2, 0.25) is 0 Å². The number of benzene rings is 2. The van der Waals surface area contributed by atoms with Crippen LogP contribution in [0.25, 0.3) is 0 Å². The first-order valence-corrected chi connectivity index (χ1v) is 11.0. The van der Waals surface area contributed by atoms with Crippen molar-refractivity contribution in [2.45, 2.75) is 42.9 Å². The van der Waals surface area contributed by atoms with Gasteiger partial charge in [-0.3, -0.25) is 4.72 Å². The third kappa shape index (κ3) is 4.44. The maximum absolute atomic E-state index is 12.6. The van der Waals surface area contributed by atoms with Gasteiger partial charge in [0.05, 0.1) is 15.5 Å². The van der Waals surface area contributed by atoms with Gasteiger partial charge >= 0.3 is 0 Å². The van der Waals surface area contributed by atoms with Crippen LogP contribution in [0.1, 0.15) is 31.9 Å². The van der Waals surface area contributed by atoms with Gasteiger partial charge in [0.1, 0.15) is 0 Å². The van der Waals surface area contributed by atoms with Gasteiger partial charge in [-0.05, 0) is 54.8 Å². The Balaban J connectivity index is 2.37. The average Bonchev–Trinajstić information content (AvgIpc) is 2.55. The molecule has 26 heavy (non-hydrogen) atoms. The molecule has 2 aromatic carbocycles. The lowest BCUT2D eigenvalue weighted by atomic mass is 9.87. The van der Waals surface area contributed by atoms with E-state index in [0.717, 1.165) is 5.56 Å². The van der Waals surface area contributed by atoms with E-state index in [-0.39, 0.29) is 20.9 Å². The predicted octanol–water partition coefficient (Wildman–Crippen LogP) is 3.00. The van der Waals surface area contributed by atoms with Crippen molar-refractivity contribution in [1.82, 2.24) is 4.72 Å². The Bertz CT molecular complexity index is 1000. The van der Waals surface area contributed by atoms with Crippen molar-refractivity contribution < 1.29 is 16.8 Å². The smallest absolute Gasteiger partial charge is 0.261 e. The molecule has 0 radical (unpaired) electrons. The minimum absolute atomic E-state index is 0.0308. The minimum Gasteiger partial charge on any atom is -0.280 e. The number of anilines is 1. The molecule has 0 amide bonds. The van der Waals surface area contributed by atoms with Crippen LogP contribution in [0.4, 0.5) is 5.69 Å². The third-order valence-electron chi connectivity index (χ3n) is 4.03. The van der Waals surface area contributed by atoms with Gasteiger partial charge in [0.2, 0.25) is 10.0 Å². The van der Waals surface area contributed by atoms with Gasteiger partial charge in [0, 0.05) is 0 Å². The van der Waals surface area contributed by atoms with Gasteiger partial charge in [-0.25, -0.2) is 21.6 Å². The van der Waals surface area contributed by atoms with E-state index in [4.69, 9.17) is 0 Å². The van der Waals surface area contributed by atoms with E-state index < -0.39 is 20.0 Å². The van der Waals surface area contributed by atoms with Gasteiger partial charge in [-0.2, -0.15) is 0 Å². The molecule has 8 heteroatoms. The summed E-state index contributed by atoms with van der Waals surface area (Å²) in [7, 11) is -6.19. The van der Waals surface area contributed by atoms with Crippen LogP contribution < -0.4 is 9.44 Å². The second-order valence-corrected chi connectivity index (χ2v) is 10.6. The summed E-state index contributed by atoms with van der Waals surface area (Å²) >= 11 is 0. The van der Waals surface area contributed by atoms with E-state index in [0.29, 0.717) is 5.56 Å². The van der Waals surface area contributed by atoms with Gasteiger partial charge in [-0.1, -0.05) is 39.0 Å². The first-order chi connectivity index (χ1) is 11.9. The maximum Gasteiger partial charge on any atom is 0.261 e. The molecule has 0 aliphatic heterocycles. The van der Waals surface area contributed by atoms with Gasteiger partial charge < -0.3 is 0 Å². The molecule has 0 fully saturated rings. The van der Waals surface area contributed by atoms with Crippen LogP contribution in [0.5, 0.6) is 0 Å². The summed E-state index contributed by atoms with van der Waals surface area (Å²) in [5.41, 5.74) is 1.65. The average molecular weight is 397 g/mol. The summed E-state index contributed by atoms with van der Waals surface area (Å²) in [6.07, 6.45) is 0. The summed E-state index contributed by atoms with van der Waals surface area (Å²) in [6.45, 7) is 7.79. The normalized spacial score (nSPS) is 12.8. The third-order valence-corrected chi connectivity index (χ3v) is 6.98. The van der Waals surface area contributed by atoms with Crippen LogP contribution in [-0.4, -0.2) is 23.9 Å². The molecule has 0 aromatic heterocycles. The molecule has 0 saturated heterocycles. The van der Waals surface area contributed by atoms with Crippen LogP contribution in [0.3, 0.4) is 0 Å². The number of aryl methyl sites for hydroxylation is 1. The summed E-state index contributed by atoms with van der Waals surface area (Å²) in [4.78, 5) is 0.146. The topological polar surface area (TPSA) is 92.3 Å². The van der Waals surface area contributed by atoms with Crippen molar-refractivity contribution in [3.8, 4) is 0 Å². The van der Waals surface area contributed by atoms with Crippen LogP contribution >= 0.6 is 0 Å². The lowest BCUT2D eigenvalue weighted by molar-refractivity contribution is 0.587. The Morgan fingerprint density at radius 3 is 1.92 bits per heavy atom. The molecule has 0 spiro atoms. The molecule has 0 heterocycles. The standard InChI is InChI=1S/C18H24N2O4S2/c1-13-6-9-15(12-17(13)26(23,24)19-5)20-25(21,22)16-10-7-14(8-11-16)18(2,3)4/h6-12,19-20H,1-5H3. The fourth-order valence-electron chi connectivity index (χ4n) is 2.41. The van der Waals surface area contributed by atoms with Crippen LogP contribution in [0, 0.1) is 6.92 Å². The fraction of sp³-hybridized carbons (Fsp3) is 0.333. The van der Waals surface area contributed by atoms with E-state index in [9.17, 15) is 16.8 Å². The highest BCUT2D eigenvalue weighted by atomic mass is 32.2. The number of nitrogens with one attached hydrogen (secondary N) is 2. The minimum atomic E-state index is -3.82. The lowest BCUT2D eigenvalue weighted by Gasteiger charge is -2.19. The first-order valence-electron chi connectivity index (χ1n) is 8.04. The van der Waals surface area contributed by atoms with Crippen molar-refractivity contribution in [2.24, 2.45) is 0 Å². The summed E-state index contributed by atoms with van der Waals surface area (Å²) in [5, 5.41) is 0. The molecule has 142 valence electrons. The predicted molar refractivity (Wildman–Crippen MR) is 103 cm³/mol. The molecule has 2 N–H and O–H groups in total. The molecular weight excluding hydrogens is 372 g/mol. The summed E-state index contributed by atoms with van der Waals surface area (Å²) in [6, 6.07) is 11.0. The monoisotopic (exact) mass is 396 g/mol. The molecule has 6 nitrogen and oxygen atoms in total. The Morgan fingerprint density at radius 2 is 1.42 bits per heavy atom. The van der Waals surface area contributed by atoms with Gasteiger partial charge in [-0.15, -0.1) is 0 Å².